The van der Waals surface area contributed by atoms with E-state index in [-0.39, 0.29) is 162 Å². The molecule has 12 rings (SSSR count). The fourth-order valence-electron chi connectivity index (χ4n) is 21.3. The van der Waals surface area contributed by atoms with Gasteiger partial charge in [-0.1, -0.05) is 45.4 Å². The number of carbonyl (C=O) groups is 8. The number of amides is 8. The van der Waals surface area contributed by atoms with Crippen molar-refractivity contribution >= 4 is 63.9 Å². The highest BCUT2D eigenvalue weighted by molar-refractivity contribution is 6.84. The summed E-state index contributed by atoms with van der Waals surface area (Å²) in [5.41, 5.74) is 0. The van der Waals surface area contributed by atoms with Gasteiger partial charge < -0.3 is 13.6 Å². The summed E-state index contributed by atoms with van der Waals surface area (Å²) in [5, 5.41) is 0. The number of imide groups is 4. The molecule has 85 heavy (non-hydrogen) atoms. The van der Waals surface area contributed by atoms with Gasteiger partial charge in [0, 0.05) is 38.5 Å². The fourth-order valence-corrected chi connectivity index (χ4v) is 30.3. The Hall–Kier alpha value is -3.13. The third-order valence-electron chi connectivity index (χ3n) is 25.3. The second-order valence-electron chi connectivity index (χ2n) is 31.2. The topological polar surface area (TPSA) is 177 Å². The summed E-state index contributed by atoms with van der Waals surface area (Å²) in [6.07, 6.45) is 29.3. The maximum absolute atomic E-state index is 14.6. The molecular formula is C68H106N4O11Si2. The summed E-state index contributed by atoms with van der Waals surface area (Å²) >= 11 is 0. The van der Waals surface area contributed by atoms with Crippen molar-refractivity contribution in [2.24, 2.45) is 82.9 Å². The molecule has 472 valence electrons. The van der Waals surface area contributed by atoms with Crippen molar-refractivity contribution in [1.82, 2.24) is 19.6 Å². The molecule has 12 unspecified atom stereocenters. The molecule has 17 heteroatoms. The summed E-state index contributed by atoms with van der Waals surface area (Å²) in [4.78, 5) is 118. The van der Waals surface area contributed by atoms with Gasteiger partial charge in [0.15, 0.2) is 16.6 Å². The number of hydrogen-bond acceptors (Lipinski definition) is 11. The Labute approximate surface area is 510 Å². The van der Waals surface area contributed by atoms with Crippen molar-refractivity contribution in [1.29, 1.82) is 0 Å². The first kappa shape index (κ1) is 62.1. The average Bonchev–Trinajstić information content (AvgIpc) is 2.90. The lowest BCUT2D eigenvalue weighted by Gasteiger charge is -2.47. The molecule has 15 nitrogen and oxygen atoms in total. The van der Waals surface area contributed by atoms with Crippen molar-refractivity contribution < 1.29 is 51.9 Å². The Morgan fingerprint density at radius 1 is 0.412 bits per heavy atom. The first-order valence-corrected chi connectivity index (χ1v) is 41.4. The largest absolute Gasteiger partial charge is 0.455 e. The Bertz CT molecular complexity index is 2510. The number of ether oxygens (including phenoxy) is 2. The molecule has 12 atom stereocenters. The van der Waals surface area contributed by atoms with Crippen LogP contribution in [0.15, 0.2) is 0 Å². The smallest absolute Gasteiger partial charge is 0.233 e. The molecule has 12 fully saturated rings. The van der Waals surface area contributed by atoms with E-state index in [0.29, 0.717) is 19.4 Å². The fraction of sp³-hybridized carbons (Fsp3) is 0.882. The van der Waals surface area contributed by atoms with Crippen LogP contribution in [-0.4, -0.2) is 134 Å². The van der Waals surface area contributed by atoms with E-state index >= 15 is 0 Å². The third kappa shape index (κ3) is 12.5. The maximum Gasteiger partial charge on any atom is 0.233 e. The van der Waals surface area contributed by atoms with E-state index in [0.717, 1.165) is 159 Å². The monoisotopic (exact) mass is 1210 g/mol. The molecule has 4 heterocycles. The summed E-state index contributed by atoms with van der Waals surface area (Å²) in [6, 6.07) is 1.90. The molecule has 12 aliphatic rings. The van der Waals surface area contributed by atoms with Gasteiger partial charge in [0.1, 0.15) is 0 Å². The van der Waals surface area contributed by atoms with Crippen LogP contribution >= 0.6 is 0 Å². The van der Waals surface area contributed by atoms with Crippen LogP contribution in [0.25, 0.3) is 0 Å². The molecule has 8 amide bonds. The summed E-state index contributed by atoms with van der Waals surface area (Å²) < 4.78 is 20.5. The maximum atomic E-state index is 14.6. The molecule has 0 bridgehead atoms. The Kier molecular flexibility index (Phi) is 18.7. The number of rotatable bonds is 18. The molecule has 0 aromatic rings. The van der Waals surface area contributed by atoms with Crippen molar-refractivity contribution in [3.05, 3.63) is 0 Å². The van der Waals surface area contributed by atoms with Crippen LogP contribution in [-0.2, 0) is 51.9 Å². The number of unbranched alkanes of at least 4 members (excludes halogenated alkanes) is 1. The van der Waals surface area contributed by atoms with Gasteiger partial charge in [-0.2, -0.15) is 0 Å². The normalized spacial score (nSPS) is 41.2. The second kappa shape index (κ2) is 25.6. The van der Waals surface area contributed by atoms with E-state index in [4.69, 9.17) is 13.6 Å². The zero-order valence-corrected chi connectivity index (χ0v) is 54.9. The zero-order valence-electron chi connectivity index (χ0n) is 52.9. The molecule has 0 spiro atoms. The lowest BCUT2D eigenvalue weighted by Crippen LogP contribution is -2.48. The van der Waals surface area contributed by atoms with Gasteiger partial charge in [-0.05, 0) is 233 Å². The van der Waals surface area contributed by atoms with Crippen LogP contribution in [0.2, 0.25) is 38.3 Å². The van der Waals surface area contributed by atoms with Crippen LogP contribution < -0.4 is 0 Å². The van der Waals surface area contributed by atoms with Crippen molar-refractivity contribution in [3.63, 3.8) is 0 Å². The van der Waals surface area contributed by atoms with E-state index in [1.165, 1.54) is 43.4 Å². The van der Waals surface area contributed by atoms with Gasteiger partial charge in [0.2, 0.25) is 47.3 Å². The molecule has 0 aromatic heterocycles. The van der Waals surface area contributed by atoms with Crippen LogP contribution in [0.5, 0.6) is 0 Å². The highest BCUT2D eigenvalue weighted by Crippen LogP contribution is 2.58. The summed E-state index contributed by atoms with van der Waals surface area (Å²) in [7, 11) is -2.11. The van der Waals surface area contributed by atoms with Crippen molar-refractivity contribution in [3.8, 4) is 0 Å². The predicted molar refractivity (Wildman–Crippen MR) is 326 cm³/mol. The third-order valence-corrected chi connectivity index (χ3v) is 32.8. The molecule has 0 radical (unpaired) electrons. The zero-order chi connectivity index (χ0) is 59.6. The second-order valence-corrected chi connectivity index (χ2v) is 40.1. The minimum atomic E-state index is -1.96. The van der Waals surface area contributed by atoms with E-state index < -0.39 is 22.6 Å². The molecule has 8 saturated carbocycles. The molecule has 0 N–H and O–H groups in total. The van der Waals surface area contributed by atoms with Gasteiger partial charge in [0.25, 0.3) is 0 Å². The van der Waals surface area contributed by atoms with Crippen LogP contribution in [0.4, 0.5) is 0 Å². The summed E-state index contributed by atoms with van der Waals surface area (Å²) in [5.74, 6) is -0.346. The van der Waals surface area contributed by atoms with Gasteiger partial charge in [0.05, 0.1) is 59.9 Å². The first-order valence-electron chi connectivity index (χ1n) is 35.2. The number of fused-ring (bicyclic) bond motifs is 6. The molecular weight excluding hydrogens is 1100 g/mol. The highest BCUT2D eigenvalue weighted by atomic mass is 28.4. The Balaban J connectivity index is 0.556. The average molecular weight is 1210 g/mol. The first-order chi connectivity index (χ1) is 40.8. The van der Waals surface area contributed by atoms with Crippen molar-refractivity contribution in [2.75, 3.05) is 13.6 Å². The standard InChI is InChI=1S/C68H106N4O11Si2/c1-7-8-35-84(3,4)83-85(5,6)36-13-34-70-59(73)39-55(64(70)76)53-38-58-62(52-17-12-10-15-50(52)53)68(80)72(66(58)78)44-24-32-48(33-25-44)82-46-28-20-42(21-29-46)41-18-26-45(27-19-41)81-47-30-22-43(23-31-47)71-60(74)40-56(65(71)77)54-37-57-61(67(79)69(2)63(57)75)51-16-11-9-14-49(51)54/h41-58,61-62H,7-40H2,1-6H3. The quantitative estimate of drug-likeness (QED) is 0.0942. The SMILES string of the molecule is CCCC[Si](C)(C)O[Si](C)(C)CCCN1C(=O)CC(C2CC3C(=O)N(C4CCC(OC5CCC(C6CCC(OC7CCC(N8C(=O)CC(C9CC%10C(=O)N(C)C(=O)C%10C%10CCCCC9%10)C8=O)CC7)CC6)CC5)CC4)C(=O)C3C3CCCCC23)C1=O. The van der Waals surface area contributed by atoms with E-state index in [1.807, 2.05) is 0 Å². The number of likely N-dealkylation sites (tertiary alicyclic amines) is 4. The van der Waals surface area contributed by atoms with Gasteiger partial charge in [-0.15, -0.1) is 0 Å². The Morgan fingerprint density at radius 2 is 0.824 bits per heavy atom. The van der Waals surface area contributed by atoms with Crippen LogP contribution in [0.3, 0.4) is 0 Å². The van der Waals surface area contributed by atoms with Gasteiger partial charge >= 0.3 is 0 Å². The Morgan fingerprint density at radius 3 is 1.33 bits per heavy atom. The predicted octanol–water partition coefficient (Wildman–Crippen LogP) is 11.6. The summed E-state index contributed by atoms with van der Waals surface area (Å²) in [6.45, 7) is 11.9. The number of nitrogens with zero attached hydrogens (tertiary/aromatic N) is 4. The lowest BCUT2D eigenvalue weighted by atomic mass is 9.55. The van der Waals surface area contributed by atoms with E-state index in [2.05, 4.69) is 33.1 Å². The molecule has 4 aliphatic heterocycles. The number of hydrogen-bond donors (Lipinski definition) is 0. The van der Waals surface area contributed by atoms with E-state index in [1.54, 1.807) is 21.7 Å². The van der Waals surface area contributed by atoms with Crippen LogP contribution in [0.1, 0.15) is 206 Å². The molecule has 0 aromatic carbocycles. The molecule has 4 saturated heterocycles. The van der Waals surface area contributed by atoms with Gasteiger partial charge in [-0.25, -0.2) is 0 Å². The lowest BCUT2D eigenvalue weighted by molar-refractivity contribution is -0.147. The van der Waals surface area contributed by atoms with E-state index in [9.17, 15) is 38.4 Å². The highest BCUT2D eigenvalue weighted by Gasteiger charge is 2.63. The van der Waals surface area contributed by atoms with Crippen molar-refractivity contribution in [2.45, 2.75) is 281 Å². The van der Waals surface area contributed by atoms with Crippen LogP contribution in [0, 0.1) is 82.9 Å². The minimum absolute atomic E-state index is 0.0152. The van der Waals surface area contributed by atoms with Gasteiger partial charge in [-0.3, -0.25) is 58.0 Å². The molecule has 8 aliphatic carbocycles. The number of carbonyl (C=O) groups excluding carboxylic acids is 8. The minimum Gasteiger partial charge on any atom is -0.455 e.